The number of nitrogens with two attached hydrogens (primary N) is 1. The summed E-state index contributed by atoms with van der Waals surface area (Å²) in [6.07, 6.45) is 0.824. The third-order valence-electron chi connectivity index (χ3n) is 3.99. The molecule has 1 aromatic rings. The van der Waals surface area contributed by atoms with Gasteiger partial charge in [-0.1, -0.05) is 26.0 Å². The van der Waals surface area contributed by atoms with Crippen LogP contribution >= 0.6 is 0 Å². The molecule has 118 valence electrons. The Morgan fingerprint density at radius 1 is 1.33 bits per heavy atom. The molecule has 0 radical (unpaired) electrons. The number of hydrogen-bond acceptors (Lipinski definition) is 3. The van der Waals surface area contributed by atoms with E-state index in [1.807, 2.05) is 38.2 Å². The summed E-state index contributed by atoms with van der Waals surface area (Å²) in [6, 6.07) is 7.79. The number of nitrogens with zero attached hydrogens (tertiary/aromatic N) is 1. The smallest absolute Gasteiger partial charge is 0.229 e. The summed E-state index contributed by atoms with van der Waals surface area (Å²) in [4.78, 5) is 14.2. The maximum atomic E-state index is 12.5. The molecule has 0 aliphatic heterocycles. The highest BCUT2D eigenvalue weighted by molar-refractivity contribution is 5.83. The van der Waals surface area contributed by atoms with Crippen molar-refractivity contribution in [1.82, 2.24) is 4.90 Å². The minimum Gasteiger partial charge on any atom is -0.497 e. The summed E-state index contributed by atoms with van der Waals surface area (Å²) in [6.45, 7) is 6.82. The van der Waals surface area contributed by atoms with Gasteiger partial charge in [0, 0.05) is 19.6 Å². The second kappa shape index (κ2) is 8.03. The number of benzene rings is 1. The molecule has 0 aliphatic carbocycles. The highest BCUT2D eigenvalue weighted by atomic mass is 16.5. The molecule has 0 saturated heterocycles. The molecule has 4 heteroatoms. The standard InChI is InChI=1S/C17H28N2O2/c1-12(2)16(18)9-10-19(4)17(20)13(3)14-7-6-8-15(11-14)21-5/h6-8,11-13,16H,9-10,18H2,1-5H3. The summed E-state index contributed by atoms with van der Waals surface area (Å²) < 4.78 is 5.21. The van der Waals surface area contributed by atoms with Crippen LogP contribution in [0.5, 0.6) is 5.75 Å². The van der Waals surface area contributed by atoms with Crippen LogP contribution in [-0.4, -0.2) is 37.6 Å². The SMILES string of the molecule is COc1cccc(C(C)C(=O)N(C)CCC(N)C(C)C)c1. The second-order valence-electron chi connectivity index (χ2n) is 5.95. The Labute approximate surface area is 128 Å². The highest BCUT2D eigenvalue weighted by Crippen LogP contribution is 2.22. The largest absolute Gasteiger partial charge is 0.497 e. The molecule has 0 fully saturated rings. The maximum Gasteiger partial charge on any atom is 0.229 e. The van der Waals surface area contributed by atoms with E-state index in [1.165, 1.54) is 0 Å². The summed E-state index contributed by atoms with van der Waals surface area (Å²) in [5.74, 6) is 1.14. The fourth-order valence-electron chi connectivity index (χ4n) is 2.17. The topological polar surface area (TPSA) is 55.6 Å². The van der Waals surface area contributed by atoms with Gasteiger partial charge >= 0.3 is 0 Å². The van der Waals surface area contributed by atoms with E-state index in [0.717, 1.165) is 17.7 Å². The van der Waals surface area contributed by atoms with Crippen molar-refractivity contribution in [2.45, 2.75) is 39.2 Å². The van der Waals surface area contributed by atoms with Gasteiger partial charge < -0.3 is 15.4 Å². The van der Waals surface area contributed by atoms with Crippen LogP contribution in [0.4, 0.5) is 0 Å². The van der Waals surface area contributed by atoms with Crippen molar-refractivity contribution >= 4 is 5.91 Å². The molecule has 1 rings (SSSR count). The first kappa shape index (κ1) is 17.5. The fraction of sp³-hybridized carbons (Fsp3) is 0.588. The van der Waals surface area contributed by atoms with Gasteiger partial charge in [-0.2, -0.15) is 0 Å². The Balaban J connectivity index is 2.64. The zero-order valence-electron chi connectivity index (χ0n) is 13.8. The van der Waals surface area contributed by atoms with Gasteiger partial charge in [-0.3, -0.25) is 4.79 Å². The predicted octanol–water partition coefficient (Wildman–Crippen LogP) is 2.63. The molecule has 0 saturated carbocycles. The van der Waals surface area contributed by atoms with Gasteiger partial charge in [0.2, 0.25) is 5.91 Å². The van der Waals surface area contributed by atoms with Gasteiger partial charge in [0.05, 0.1) is 13.0 Å². The van der Waals surface area contributed by atoms with Gasteiger partial charge in [0.1, 0.15) is 5.75 Å². The van der Waals surface area contributed by atoms with Crippen molar-refractivity contribution in [3.63, 3.8) is 0 Å². The molecule has 0 spiro atoms. The van der Waals surface area contributed by atoms with E-state index in [1.54, 1.807) is 12.0 Å². The fourth-order valence-corrected chi connectivity index (χ4v) is 2.17. The zero-order valence-corrected chi connectivity index (χ0v) is 13.8. The highest BCUT2D eigenvalue weighted by Gasteiger charge is 2.20. The van der Waals surface area contributed by atoms with Crippen molar-refractivity contribution in [2.75, 3.05) is 20.7 Å². The first-order valence-corrected chi connectivity index (χ1v) is 7.51. The summed E-state index contributed by atoms with van der Waals surface area (Å²) in [5, 5.41) is 0. The maximum absolute atomic E-state index is 12.5. The molecule has 1 aromatic carbocycles. The van der Waals surface area contributed by atoms with Crippen LogP contribution in [0.15, 0.2) is 24.3 Å². The number of amides is 1. The molecule has 2 atom stereocenters. The van der Waals surface area contributed by atoms with E-state index in [2.05, 4.69) is 13.8 Å². The zero-order chi connectivity index (χ0) is 16.0. The van der Waals surface area contributed by atoms with Crippen LogP contribution in [0.25, 0.3) is 0 Å². The van der Waals surface area contributed by atoms with Crippen molar-refractivity contribution in [3.05, 3.63) is 29.8 Å². The predicted molar refractivity (Wildman–Crippen MR) is 86.5 cm³/mol. The lowest BCUT2D eigenvalue weighted by molar-refractivity contribution is -0.131. The average molecular weight is 292 g/mol. The number of hydrogen-bond donors (Lipinski definition) is 1. The molecule has 21 heavy (non-hydrogen) atoms. The monoisotopic (exact) mass is 292 g/mol. The first-order chi connectivity index (χ1) is 9.86. The molecule has 0 aliphatic rings. The lowest BCUT2D eigenvalue weighted by Crippen LogP contribution is -2.36. The van der Waals surface area contributed by atoms with Crippen LogP contribution in [0, 0.1) is 5.92 Å². The second-order valence-corrected chi connectivity index (χ2v) is 5.95. The molecular weight excluding hydrogens is 264 g/mol. The number of carbonyl (C=O) groups is 1. The van der Waals surface area contributed by atoms with Gasteiger partial charge in [0.25, 0.3) is 0 Å². The minimum atomic E-state index is -0.180. The number of methoxy groups -OCH3 is 1. The Morgan fingerprint density at radius 3 is 2.57 bits per heavy atom. The Morgan fingerprint density at radius 2 is 2.00 bits per heavy atom. The average Bonchev–Trinajstić information content (AvgIpc) is 2.50. The molecule has 2 N–H and O–H groups in total. The molecular formula is C17H28N2O2. The van der Waals surface area contributed by atoms with E-state index in [0.29, 0.717) is 12.5 Å². The Bertz CT molecular complexity index is 460. The van der Waals surface area contributed by atoms with Crippen LogP contribution in [0.3, 0.4) is 0 Å². The van der Waals surface area contributed by atoms with E-state index < -0.39 is 0 Å². The number of ether oxygens (including phenoxy) is 1. The lowest BCUT2D eigenvalue weighted by atomic mass is 9.98. The Kier molecular flexibility index (Phi) is 6.69. The summed E-state index contributed by atoms with van der Waals surface area (Å²) in [5.41, 5.74) is 7.01. The van der Waals surface area contributed by atoms with E-state index in [4.69, 9.17) is 10.5 Å². The number of likely N-dealkylation sites (N-methyl/N-ethyl adjacent to an activating group) is 1. The third-order valence-corrected chi connectivity index (χ3v) is 3.99. The molecule has 4 nitrogen and oxygen atoms in total. The molecule has 0 aromatic heterocycles. The van der Waals surface area contributed by atoms with Crippen molar-refractivity contribution in [1.29, 1.82) is 0 Å². The van der Waals surface area contributed by atoms with Crippen LogP contribution in [0.2, 0.25) is 0 Å². The van der Waals surface area contributed by atoms with Crippen molar-refractivity contribution < 1.29 is 9.53 Å². The van der Waals surface area contributed by atoms with Crippen molar-refractivity contribution in [3.8, 4) is 5.75 Å². The van der Waals surface area contributed by atoms with Gasteiger partial charge in [-0.05, 0) is 37.0 Å². The third kappa shape index (κ3) is 5.05. The van der Waals surface area contributed by atoms with E-state index in [9.17, 15) is 4.79 Å². The normalized spacial score (nSPS) is 13.9. The van der Waals surface area contributed by atoms with Gasteiger partial charge in [0.15, 0.2) is 0 Å². The number of rotatable bonds is 7. The van der Waals surface area contributed by atoms with Gasteiger partial charge in [-0.25, -0.2) is 0 Å². The van der Waals surface area contributed by atoms with Crippen LogP contribution in [-0.2, 0) is 4.79 Å². The van der Waals surface area contributed by atoms with Crippen LogP contribution < -0.4 is 10.5 Å². The molecule has 0 bridgehead atoms. The minimum absolute atomic E-state index is 0.110. The summed E-state index contributed by atoms with van der Waals surface area (Å²) >= 11 is 0. The van der Waals surface area contributed by atoms with Crippen molar-refractivity contribution in [2.24, 2.45) is 11.7 Å². The molecule has 0 heterocycles. The van der Waals surface area contributed by atoms with Crippen LogP contribution in [0.1, 0.15) is 38.7 Å². The van der Waals surface area contributed by atoms with E-state index in [-0.39, 0.29) is 17.9 Å². The van der Waals surface area contributed by atoms with E-state index >= 15 is 0 Å². The molecule has 2 unspecified atom stereocenters. The first-order valence-electron chi connectivity index (χ1n) is 7.51. The number of carbonyl (C=O) groups excluding carboxylic acids is 1. The van der Waals surface area contributed by atoms with Gasteiger partial charge in [-0.15, -0.1) is 0 Å². The summed E-state index contributed by atoms with van der Waals surface area (Å²) in [7, 11) is 3.47. The molecule has 1 amide bonds. The quantitative estimate of drug-likeness (QED) is 0.840. The lowest BCUT2D eigenvalue weighted by Gasteiger charge is -2.24. The Hall–Kier alpha value is -1.55.